The molecule has 1 N–H and O–H groups in total. The molecule has 0 aliphatic carbocycles. The molecule has 1 unspecified atom stereocenters. The van der Waals surface area contributed by atoms with E-state index >= 15 is 0 Å². The standard InChI is InChI=1S/C53H100O4/c1-3-5-7-9-11-13-15-17-19-21-23-24-25-26-27-28-29-31-33-35-37-39-41-43-45-47-49-56-51-52(50-54)57-53(55)48-46-44-42-40-38-36-34-32-30-22-20-18-16-14-12-10-8-6-4-2/h15,17,21,23,25-26,52,54H,3-14,16,18-20,22,24,27-51H2,1-2H3/b17-15-,23-21-,26-25-. The van der Waals surface area contributed by atoms with Crippen LogP contribution in [0.3, 0.4) is 0 Å². The van der Waals surface area contributed by atoms with E-state index in [9.17, 15) is 9.90 Å². The minimum absolute atomic E-state index is 0.169. The average Bonchev–Trinajstić information content (AvgIpc) is 3.22. The fraction of sp³-hybridized carbons (Fsp3) is 0.868. The van der Waals surface area contributed by atoms with Crippen molar-refractivity contribution in [1.29, 1.82) is 0 Å². The molecule has 0 aromatic rings. The summed E-state index contributed by atoms with van der Waals surface area (Å²) in [5, 5.41) is 9.65. The second-order valence-electron chi connectivity index (χ2n) is 17.2. The first-order valence-electron chi connectivity index (χ1n) is 25.6. The van der Waals surface area contributed by atoms with E-state index in [1.165, 1.54) is 218 Å². The summed E-state index contributed by atoms with van der Waals surface area (Å²) < 4.78 is 11.2. The molecule has 0 saturated heterocycles. The lowest BCUT2D eigenvalue weighted by atomic mass is 10.0. The Kier molecular flexibility index (Phi) is 49.5. The Hall–Kier alpha value is -1.39. The van der Waals surface area contributed by atoms with Gasteiger partial charge < -0.3 is 14.6 Å². The van der Waals surface area contributed by atoms with Crippen LogP contribution in [0.2, 0.25) is 0 Å². The summed E-state index contributed by atoms with van der Waals surface area (Å²) >= 11 is 0. The quantitative estimate of drug-likeness (QED) is 0.0378. The van der Waals surface area contributed by atoms with Crippen molar-refractivity contribution in [2.75, 3.05) is 19.8 Å². The Bertz CT molecular complexity index is 848. The van der Waals surface area contributed by atoms with Gasteiger partial charge >= 0.3 is 5.97 Å². The van der Waals surface area contributed by atoms with Crippen LogP contribution in [0.1, 0.15) is 271 Å². The number of aliphatic hydroxyl groups excluding tert-OH is 1. The maximum atomic E-state index is 12.3. The summed E-state index contributed by atoms with van der Waals surface area (Å²) in [5.41, 5.74) is 0. The van der Waals surface area contributed by atoms with E-state index in [4.69, 9.17) is 9.47 Å². The summed E-state index contributed by atoms with van der Waals surface area (Å²) in [4.78, 5) is 12.3. The van der Waals surface area contributed by atoms with Gasteiger partial charge in [-0.2, -0.15) is 0 Å². The molecule has 0 aromatic carbocycles. The van der Waals surface area contributed by atoms with Crippen LogP contribution in [0.5, 0.6) is 0 Å². The van der Waals surface area contributed by atoms with Gasteiger partial charge in [-0.1, -0.05) is 249 Å². The van der Waals surface area contributed by atoms with Crippen LogP contribution >= 0.6 is 0 Å². The smallest absolute Gasteiger partial charge is 0.306 e. The van der Waals surface area contributed by atoms with Crippen LogP contribution in [-0.4, -0.2) is 37.0 Å². The molecule has 0 rings (SSSR count). The molecule has 0 aliphatic rings. The fourth-order valence-electron chi connectivity index (χ4n) is 7.63. The maximum absolute atomic E-state index is 12.3. The van der Waals surface area contributed by atoms with Crippen LogP contribution in [0.25, 0.3) is 0 Å². The van der Waals surface area contributed by atoms with Gasteiger partial charge in [0.05, 0.1) is 13.2 Å². The lowest BCUT2D eigenvalue weighted by molar-refractivity contribution is -0.154. The Morgan fingerprint density at radius 3 is 1.11 bits per heavy atom. The summed E-state index contributed by atoms with van der Waals surface area (Å²) in [7, 11) is 0. The molecule has 57 heavy (non-hydrogen) atoms. The highest BCUT2D eigenvalue weighted by Gasteiger charge is 2.13. The fourth-order valence-corrected chi connectivity index (χ4v) is 7.63. The van der Waals surface area contributed by atoms with Gasteiger partial charge in [0.1, 0.15) is 6.10 Å². The zero-order valence-electron chi connectivity index (χ0n) is 38.6. The molecule has 0 spiro atoms. The number of hydrogen-bond donors (Lipinski definition) is 1. The third-order valence-corrected chi connectivity index (χ3v) is 11.5. The SMILES string of the molecule is CCCCCCC/C=C\C/C=C\C/C=C\CCCCCCCCCCCCCOCC(CO)OC(=O)CCCCCCCCCCCCCCCCCCCCC. The molecule has 1 atom stereocenters. The monoisotopic (exact) mass is 801 g/mol. The highest BCUT2D eigenvalue weighted by molar-refractivity contribution is 5.69. The minimum atomic E-state index is -0.534. The molecule has 0 bridgehead atoms. The molecule has 4 nitrogen and oxygen atoms in total. The Labute approximate surface area is 357 Å². The molecule has 4 heteroatoms. The maximum Gasteiger partial charge on any atom is 0.306 e. The number of carbonyl (C=O) groups excluding carboxylic acids is 1. The van der Waals surface area contributed by atoms with Gasteiger partial charge in [-0.15, -0.1) is 0 Å². The van der Waals surface area contributed by atoms with Crippen molar-refractivity contribution >= 4 is 5.97 Å². The average molecular weight is 801 g/mol. The van der Waals surface area contributed by atoms with Gasteiger partial charge in [0.15, 0.2) is 0 Å². The summed E-state index contributed by atoms with van der Waals surface area (Å²) in [6, 6.07) is 0. The van der Waals surface area contributed by atoms with E-state index in [1.54, 1.807) is 0 Å². The van der Waals surface area contributed by atoms with Crippen LogP contribution in [0.4, 0.5) is 0 Å². The number of rotatable bonds is 48. The topological polar surface area (TPSA) is 55.8 Å². The van der Waals surface area contributed by atoms with Crippen molar-refractivity contribution in [2.45, 2.75) is 277 Å². The first kappa shape index (κ1) is 55.6. The Morgan fingerprint density at radius 2 is 0.737 bits per heavy atom. The van der Waals surface area contributed by atoms with Crippen LogP contribution in [0, 0.1) is 0 Å². The molecule has 0 saturated carbocycles. The van der Waals surface area contributed by atoms with Crippen molar-refractivity contribution in [3.63, 3.8) is 0 Å². The number of ether oxygens (including phenoxy) is 2. The molecule has 0 aliphatic heterocycles. The number of aliphatic hydroxyl groups is 1. The van der Waals surface area contributed by atoms with Gasteiger partial charge in [0.2, 0.25) is 0 Å². The van der Waals surface area contributed by atoms with Crippen molar-refractivity contribution in [2.24, 2.45) is 0 Å². The van der Waals surface area contributed by atoms with E-state index in [0.717, 1.165) is 32.1 Å². The summed E-state index contributed by atoms with van der Waals surface area (Å²) in [5.74, 6) is -0.196. The third kappa shape index (κ3) is 48.9. The number of esters is 1. The lowest BCUT2D eigenvalue weighted by Gasteiger charge is -2.16. The summed E-state index contributed by atoms with van der Waals surface area (Å²) in [6.07, 6.45) is 65.2. The second-order valence-corrected chi connectivity index (χ2v) is 17.2. The first-order chi connectivity index (χ1) is 28.2. The third-order valence-electron chi connectivity index (χ3n) is 11.5. The van der Waals surface area contributed by atoms with Gasteiger partial charge in [0.25, 0.3) is 0 Å². The van der Waals surface area contributed by atoms with Gasteiger partial charge in [-0.3, -0.25) is 4.79 Å². The normalized spacial score (nSPS) is 12.5. The van der Waals surface area contributed by atoms with E-state index in [2.05, 4.69) is 50.3 Å². The van der Waals surface area contributed by atoms with Crippen LogP contribution in [0.15, 0.2) is 36.5 Å². The molecular weight excluding hydrogens is 701 g/mol. The minimum Gasteiger partial charge on any atom is -0.457 e. The zero-order chi connectivity index (χ0) is 41.2. The predicted octanol–water partition coefficient (Wildman–Crippen LogP) is 17.2. The highest BCUT2D eigenvalue weighted by atomic mass is 16.6. The zero-order valence-corrected chi connectivity index (χ0v) is 38.6. The predicted molar refractivity (Wildman–Crippen MR) is 251 cm³/mol. The van der Waals surface area contributed by atoms with E-state index < -0.39 is 6.10 Å². The summed E-state index contributed by atoms with van der Waals surface area (Å²) in [6.45, 7) is 5.37. The molecule has 0 fully saturated rings. The van der Waals surface area contributed by atoms with Crippen LogP contribution < -0.4 is 0 Å². The van der Waals surface area contributed by atoms with Crippen LogP contribution in [-0.2, 0) is 14.3 Å². The Balaban J connectivity index is 3.39. The largest absolute Gasteiger partial charge is 0.457 e. The number of hydrogen-bond acceptors (Lipinski definition) is 4. The van der Waals surface area contributed by atoms with Gasteiger partial charge in [0, 0.05) is 13.0 Å². The number of unbranched alkanes of at least 4 members (excludes halogenated alkanes) is 34. The lowest BCUT2D eigenvalue weighted by Crippen LogP contribution is -2.27. The Morgan fingerprint density at radius 1 is 0.421 bits per heavy atom. The molecule has 0 aromatic heterocycles. The van der Waals surface area contributed by atoms with E-state index in [-0.39, 0.29) is 12.6 Å². The molecule has 336 valence electrons. The van der Waals surface area contributed by atoms with Crippen molar-refractivity contribution in [3.8, 4) is 0 Å². The van der Waals surface area contributed by atoms with Crippen molar-refractivity contribution in [3.05, 3.63) is 36.5 Å². The van der Waals surface area contributed by atoms with Gasteiger partial charge in [-0.25, -0.2) is 0 Å². The molecule has 0 radical (unpaired) electrons. The first-order valence-corrected chi connectivity index (χ1v) is 25.6. The highest BCUT2D eigenvalue weighted by Crippen LogP contribution is 2.16. The molecular formula is C53H100O4. The molecule has 0 amide bonds. The molecule has 0 heterocycles. The van der Waals surface area contributed by atoms with E-state index in [0.29, 0.717) is 19.6 Å². The second kappa shape index (κ2) is 50.8. The number of allylic oxidation sites excluding steroid dienone is 6. The number of carbonyl (C=O) groups is 1. The van der Waals surface area contributed by atoms with E-state index in [1.807, 2.05) is 0 Å². The van der Waals surface area contributed by atoms with Gasteiger partial charge in [-0.05, 0) is 51.4 Å². The van der Waals surface area contributed by atoms with Crippen molar-refractivity contribution < 1.29 is 19.4 Å². The van der Waals surface area contributed by atoms with Crippen molar-refractivity contribution in [1.82, 2.24) is 0 Å².